The molecule has 7 nitrogen and oxygen atoms in total. The van der Waals surface area contributed by atoms with E-state index < -0.39 is 10.0 Å². The minimum Gasteiger partial charge on any atom is -0.354 e. The summed E-state index contributed by atoms with van der Waals surface area (Å²) < 4.78 is 26.9. The SMILES string of the molecule is O=C(NCCS(=O)(=O)N1CCN(c2ccccn2)CC1)c1ccc(C2CCCCC2)cc1. The fraction of sp³-hybridized carbons (Fsp3) is 0.500. The van der Waals surface area contributed by atoms with Crippen LogP contribution in [-0.4, -0.2) is 62.1 Å². The molecule has 1 saturated carbocycles. The maximum Gasteiger partial charge on any atom is 0.251 e. The highest BCUT2D eigenvalue weighted by Crippen LogP contribution is 2.32. The van der Waals surface area contributed by atoms with Crippen LogP contribution in [0.25, 0.3) is 0 Å². The van der Waals surface area contributed by atoms with Crippen molar-refractivity contribution in [3.05, 3.63) is 59.8 Å². The average molecular weight is 457 g/mol. The second-order valence-electron chi connectivity index (χ2n) is 8.60. The fourth-order valence-electron chi connectivity index (χ4n) is 4.60. The Kier molecular flexibility index (Phi) is 7.42. The number of carbonyl (C=O) groups is 1. The molecule has 2 fully saturated rings. The van der Waals surface area contributed by atoms with Gasteiger partial charge in [0.15, 0.2) is 0 Å². The van der Waals surface area contributed by atoms with Crippen LogP contribution in [0.4, 0.5) is 5.82 Å². The molecule has 4 rings (SSSR count). The van der Waals surface area contributed by atoms with Gasteiger partial charge in [-0.3, -0.25) is 4.79 Å². The summed E-state index contributed by atoms with van der Waals surface area (Å²) in [7, 11) is -3.42. The quantitative estimate of drug-likeness (QED) is 0.693. The predicted molar refractivity (Wildman–Crippen MR) is 126 cm³/mol. The van der Waals surface area contributed by atoms with Gasteiger partial charge in [0.05, 0.1) is 5.75 Å². The number of carbonyl (C=O) groups excluding carboxylic acids is 1. The van der Waals surface area contributed by atoms with Crippen LogP contribution in [0.1, 0.15) is 53.9 Å². The zero-order chi connectivity index (χ0) is 22.4. The number of nitrogens with zero attached hydrogens (tertiary/aromatic N) is 3. The molecule has 1 N–H and O–H groups in total. The Morgan fingerprint density at radius 2 is 1.69 bits per heavy atom. The number of nitrogens with one attached hydrogen (secondary N) is 1. The molecular weight excluding hydrogens is 424 g/mol. The van der Waals surface area contributed by atoms with E-state index in [1.54, 1.807) is 6.20 Å². The van der Waals surface area contributed by atoms with Crippen LogP contribution in [0.2, 0.25) is 0 Å². The summed E-state index contributed by atoms with van der Waals surface area (Å²) in [5.74, 6) is 1.15. The summed E-state index contributed by atoms with van der Waals surface area (Å²) >= 11 is 0. The van der Waals surface area contributed by atoms with E-state index in [4.69, 9.17) is 0 Å². The predicted octanol–water partition coefficient (Wildman–Crippen LogP) is 3.01. The van der Waals surface area contributed by atoms with Gasteiger partial charge in [0.1, 0.15) is 5.82 Å². The van der Waals surface area contributed by atoms with Crippen molar-refractivity contribution in [2.24, 2.45) is 0 Å². The molecule has 1 amide bonds. The summed E-state index contributed by atoms with van der Waals surface area (Å²) in [6, 6.07) is 13.5. The Hall–Kier alpha value is -2.45. The van der Waals surface area contributed by atoms with E-state index in [9.17, 15) is 13.2 Å². The first-order valence-corrected chi connectivity index (χ1v) is 13.2. The Morgan fingerprint density at radius 1 is 0.969 bits per heavy atom. The maximum absolute atomic E-state index is 12.7. The van der Waals surface area contributed by atoms with Crippen molar-refractivity contribution in [3.8, 4) is 0 Å². The molecule has 1 aliphatic heterocycles. The zero-order valence-electron chi connectivity index (χ0n) is 18.4. The van der Waals surface area contributed by atoms with Crippen molar-refractivity contribution in [2.45, 2.75) is 38.0 Å². The largest absolute Gasteiger partial charge is 0.354 e. The summed E-state index contributed by atoms with van der Waals surface area (Å²) in [5, 5.41) is 2.76. The van der Waals surface area contributed by atoms with Gasteiger partial charge in [0.2, 0.25) is 10.0 Å². The number of amides is 1. The number of benzene rings is 1. The van der Waals surface area contributed by atoms with Gasteiger partial charge in [-0.2, -0.15) is 4.31 Å². The molecule has 1 aromatic heterocycles. The third kappa shape index (κ3) is 5.66. The summed E-state index contributed by atoms with van der Waals surface area (Å²) in [6.07, 6.45) is 8.06. The summed E-state index contributed by atoms with van der Waals surface area (Å²) in [4.78, 5) is 18.9. The van der Waals surface area contributed by atoms with Crippen molar-refractivity contribution in [1.29, 1.82) is 0 Å². The molecule has 1 aliphatic carbocycles. The summed E-state index contributed by atoms with van der Waals surface area (Å²) in [6.45, 7) is 2.17. The van der Waals surface area contributed by atoms with Crippen LogP contribution in [0.5, 0.6) is 0 Å². The lowest BCUT2D eigenvalue weighted by atomic mass is 9.84. The van der Waals surface area contributed by atoms with Crippen molar-refractivity contribution < 1.29 is 13.2 Å². The number of aromatic nitrogens is 1. The number of anilines is 1. The topological polar surface area (TPSA) is 82.6 Å². The van der Waals surface area contributed by atoms with E-state index in [2.05, 4.69) is 15.2 Å². The zero-order valence-corrected chi connectivity index (χ0v) is 19.3. The number of hydrogen-bond donors (Lipinski definition) is 1. The van der Waals surface area contributed by atoms with Gasteiger partial charge in [-0.1, -0.05) is 37.5 Å². The van der Waals surface area contributed by atoms with E-state index in [1.807, 2.05) is 42.5 Å². The molecule has 0 spiro atoms. The lowest BCUT2D eigenvalue weighted by molar-refractivity contribution is 0.0956. The minimum atomic E-state index is -3.42. The number of pyridine rings is 1. The van der Waals surface area contributed by atoms with Crippen molar-refractivity contribution in [1.82, 2.24) is 14.6 Å². The van der Waals surface area contributed by atoms with Gasteiger partial charge < -0.3 is 10.2 Å². The molecule has 0 radical (unpaired) electrons. The van der Waals surface area contributed by atoms with Crippen LogP contribution in [0.15, 0.2) is 48.7 Å². The van der Waals surface area contributed by atoms with Gasteiger partial charge in [0.25, 0.3) is 5.91 Å². The second kappa shape index (κ2) is 10.4. The number of sulfonamides is 1. The number of piperazine rings is 1. The standard InChI is InChI=1S/C24H32N4O3S/c29-24(22-11-9-21(10-12-22)20-6-2-1-3-7-20)26-14-19-32(30,31)28-17-15-27(16-18-28)23-8-4-5-13-25-23/h4-5,8-13,20H,1-3,6-7,14-19H2,(H,26,29). The molecule has 2 heterocycles. The van der Waals surface area contributed by atoms with E-state index in [1.165, 1.54) is 42.0 Å². The molecule has 1 aromatic carbocycles. The van der Waals surface area contributed by atoms with Crippen LogP contribution >= 0.6 is 0 Å². The fourth-order valence-corrected chi connectivity index (χ4v) is 5.94. The lowest BCUT2D eigenvalue weighted by Crippen LogP contribution is -2.50. The molecular formula is C24H32N4O3S. The van der Waals surface area contributed by atoms with Crippen LogP contribution in [-0.2, 0) is 10.0 Å². The normalized spacial score (nSPS) is 18.4. The van der Waals surface area contributed by atoms with E-state index in [-0.39, 0.29) is 18.2 Å². The maximum atomic E-state index is 12.7. The highest BCUT2D eigenvalue weighted by Gasteiger charge is 2.27. The van der Waals surface area contributed by atoms with Gasteiger partial charge in [-0.05, 0) is 48.6 Å². The molecule has 0 bridgehead atoms. The third-order valence-electron chi connectivity index (χ3n) is 6.50. The smallest absolute Gasteiger partial charge is 0.251 e. The molecule has 1 saturated heterocycles. The molecule has 2 aromatic rings. The first kappa shape index (κ1) is 22.7. The number of hydrogen-bond acceptors (Lipinski definition) is 5. The van der Waals surface area contributed by atoms with Crippen LogP contribution in [0.3, 0.4) is 0 Å². The van der Waals surface area contributed by atoms with E-state index >= 15 is 0 Å². The molecule has 32 heavy (non-hydrogen) atoms. The van der Waals surface area contributed by atoms with Gasteiger partial charge in [0, 0.05) is 44.5 Å². The van der Waals surface area contributed by atoms with Crippen LogP contribution < -0.4 is 10.2 Å². The van der Waals surface area contributed by atoms with E-state index in [0.29, 0.717) is 37.7 Å². The monoisotopic (exact) mass is 456 g/mol. The average Bonchev–Trinajstić information content (AvgIpc) is 2.85. The lowest BCUT2D eigenvalue weighted by Gasteiger charge is -2.34. The second-order valence-corrected chi connectivity index (χ2v) is 10.7. The minimum absolute atomic E-state index is 0.0948. The Labute approximate surface area is 190 Å². The van der Waals surface area contributed by atoms with Crippen molar-refractivity contribution >= 4 is 21.7 Å². The van der Waals surface area contributed by atoms with Gasteiger partial charge >= 0.3 is 0 Å². The van der Waals surface area contributed by atoms with E-state index in [0.717, 1.165) is 5.82 Å². The van der Waals surface area contributed by atoms with Crippen molar-refractivity contribution in [3.63, 3.8) is 0 Å². The van der Waals surface area contributed by atoms with Crippen LogP contribution in [0, 0.1) is 0 Å². The highest BCUT2D eigenvalue weighted by molar-refractivity contribution is 7.89. The van der Waals surface area contributed by atoms with Crippen molar-refractivity contribution in [2.75, 3.05) is 43.4 Å². The highest BCUT2D eigenvalue weighted by atomic mass is 32.2. The van der Waals surface area contributed by atoms with Gasteiger partial charge in [-0.25, -0.2) is 13.4 Å². The Balaban J connectivity index is 1.23. The summed E-state index contributed by atoms with van der Waals surface area (Å²) in [5.41, 5.74) is 1.87. The molecule has 2 aliphatic rings. The molecule has 0 unspecified atom stereocenters. The van der Waals surface area contributed by atoms with Gasteiger partial charge in [-0.15, -0.1) is 0 Å². The first-order valence-electron chi connectivity index (χ1n) is 11.5. The third-order valence-corrected chi connectivity index (χ3v) is 8.37. The first-order chi connectivity index (χ1) is 15.5. The number of rotatable bonds is 7. The Bertz CT molecular complexity index is 982. The Morgan fingerprint density at radius 3 is 2.34 bits per heavy atom. The molecule has 8 heteroatoms. The molecule has 0 atom stereocenters. The molecule has 172 valence electrons.